The average molecular weight is 320 g/mol. The van der Waals surface area contributed by atoms with E-state index < -0.39 is 0 Å². The molecule has 1 saturated heterocycles. The zero-order valence-electron chi connectivity index (χ0n) is 14.8. The lowest BCUT2D eigenvalue weighted by Gasteiger charge is -2.37. The molecule has 7 heteroatoms. The number of nitrogens with one attached hydrogen (secondary N) is 1. The smallest absolute Gasteiger partial charge is 0.237 e. The molecule has 0 spiro atoms. The van der Waals surface area contributed by atoms with Crippen LogP contribution in [0, 0.1) is 0 Å². The molecule has 0 radical (unpaired) electrons. The Morgan fingerprint density at radius 1 is 1.22 bits per heavy atom. The van der Waals surface area contributed by atoms with E-state index in [9.17, 15) is 4.79 Å². The van der Waals surface area contributed by atoms with E-state index in [0.717, 1.165) is 37.9 Å². The molecule has 1 aromatic heterocycles. The zero-order chi connectivity index (χ0) is 17.0. The topological polar surface area (TPSA) is 64.6 Å². The van der Waals surface area contributed by atoms with Crippen LogP contribution >= 0.6 is 0 Å². The van der Waals surface area contributed by atoms with E-state index in [1.807, 2.05) is 45.8 Å². The maximum absolute atomic E-state index is 12.1. The molecule has 2 heterocycles. The third kappa shape index (κ3) is 4.54. The van der Waals surface area contributed by atoms with Crippen molar-refractivity contribution in [2.45, 2.75) is 32.9 Å². The van der Waals surface area contributed by atoms with Gasteiger partial charge < -0.3 is 15.1 Å². The number of amides is 1. The SMILES string of the molecule is CC(C)NC(=O)C(C)N1CCN(c2nccc(N(C)C)n2)CC1. The molecule has 1 aliphatic heterocycles. The number of hydrogen-bond acceptors (Lipinski definition) is 6. The van der Waals surface area contributed by atoms with Gasteiger partial charge in [-0.25, -0.2) is 4.98 Å². The molecule has 1 aromatic rings. The van der Waals surface area contributed by atoms with Crippen LogP contribution in [0.3, 0.4) is 0 Å². The molecule has 0 aromatic carbocycles. The molecule has 1 N–H and O–H groups in total. The summed E-state index contributed by atoms with van der Waals surface area (Å²) in [6, 6.07) is 1.97. The molecular weight excluding hydrogens is 292 g/mol. The van der Waals surface area contributed by atoms with Crippen molar-refractivity contribution in [3.8, 4) is 0 Å². The van der Waals surface area contributed by atoms with Crippen molar-refractivity contribution in [2.75, 3.05) is 50.1 Å². The zero-order valence-corrected chi connectivity index (χ0v) is 14.8. The van der Waals surface area contributed by atoms with Crippen molar-refractivity contribution in [1.29, 1.82) is 0 Å². The van der Waals surface area contributed by atoms with Crippen molar-refractivity contribution in [2.24, 2.45) is 0 Å². The van der Waals surface area contributed by atoms with Crippen LogP contribution in [0.15, 0.2) is 12.3 Å². The van der Waals surface area contributed by atoms with Crippen molar-refractivity contribution in [3.05, 3.63) is 12.3 Å². The van der Waals surface area contributed by atoms with E-state index in [0.29, 0.717) is 0 Å². The maximum atomic E-state index is 12.1. The molecule has 1 aliphatic rings. The summed E-state index contributed by atoms with van der Waals surface area (Å²) >= 11 is 0. The minimum atomic E-state index is -0.103. The summed E-state index contributed by atoms with van der Waals surface area (Å²) < 4.78 is 0. The van der Waals surface area contributed by atoms with Crippen LogP contribution in [-0.2, 0) is 4.79 Å². The fourth-order valence-corrected chi connectivity index (χ4v) is 2.62. The van der Waals surface area contributed by atoms with Crippen LogP contribution in [0.5, 0.6) is 0 Å². The number of nitrogens with zero attached hydrogens (tertiary/aromatic N) is 5. The Morgan fingerprint density at radius 3 is 2.43 bits per heavy atom. The molecule has 1 fully saturated rings. The third-order valence-corrected chi connectivity index (χ3v) is 4.04. The number of carbonyl (C=O) groups excluding carboxylic acids is 1. The number of hydrogen-bond donors (Lipinski definition) is 1. The fraction of sp³-hybridized carbons (Fsp3) is 0.688. The first-order valence-corrected chi connectivity index (χ1v) is 8.18. The quantitative estimate of drug-likeness (QED) is 0.856. The minimum absolute atomic E-state index is 0.0966. The highest BCUT2D eigenvalue weighted by Crippen LogP contribution is 2.15. The van der Waals surface area contributed by atoms with Gasteiger partial charge in [0, 0.05) is 52.5 Å². The molecule has 0 bridgehead atoms. The first-order valence-electron chi connectivity index (χ1n) is 8.18. The van der Waals surface area contributed by atoms with Gasteiger partial charge >= 0.3 is 0 Å². The van der Waals surface area contributed by atoms with Crippen LogP contribution in [-0.4, -0.2) is 73.1 Å². The van der Waals surface area contributed by atoms with E-state index in [2.05, 4.69) is 25.1 Å². The van der Waals surface area contributed by atoms with Crippen LogP contribution in [0.25, 0.3) is 0 Å². The van der Waals surface area contributed by atoms with Gasteiger partial charge in [0.25, 0.3) is 0 Å². The normalized spacial score (nSPS) is 17.2. The predicted octanol–water partition coefficient (Wildman–Crippen LogP) is 0.578. The summed E-state index contributed by atoms with van der Waals surface area (Å²) in [5, 5.41) is 2.98. The van der Waals surface area contributed by atoms with Gasteiger partial charge in [-0.15, -0.1) is 0 Å². The van der Waals surface area contributed by atoms with Crippen LogP contribution in [0.1, 0.15) is 20.8 Å². The molecule has 2 rings (SSSR count). The first kappa shape index (κ1) is 17.5. The summed E-state index contributed by atoms with van der Waals surface area (Å²) in [6.07, 6.45) is 1.79. The van der Waals surface area contributed by atoms with E-state index in [1.54, 1.807) is 6.20 Å². The maximum Gasteiger partial charge on any atom is 0.237 e. The first-order chi connectivity index (χ1) is 10.9. The molecule has 0 saturated carbocycles. The molecule has 23 heavy (non-hydrogen) atoms. The highest BCUT2D eigenvalue weighted by Gasteiger charge is 2.26. The van der Waals surface area contributed by atoms with Gasteiger partial charge in [-0.1, -0.05) is 0 Å². The Hall–Kier alpha value is -1.89. The van der Waals surface area contributed by atoms with Crippen LogP contribution < -0.4 is 15.1 Å². The van der Waals surface area contributed by atoms with E-state index in [1.165, 1.54) is 0 Å². The van der Waals surface area contributed by atoms with E-state index in [4.69, 9.17) is 0 Å². The van der Waals surface area contributed by atoms with E-state index in [-0.39, 0.29) is 18.0 Å². The minimum Gasteiger partial charge on any atom is -0.363 e. The molecule has 1 atom stereocenters. The van der Waals surface area contributed by atoms with Crippen molar-refractivity contribution >= 4 is 17.7 Å². The third-order valence-electron chi connectivity index (χ3n) is 4.04. The number of rotatable bonds is 5. The molecule has 128 valence electrons. The number of anilines is 2. The van der Waals surface area contributed by atoms with Crippen molar-refractivity contribution in [1.82, 2.24) is 20.2 Å². The summed E-state index contributed by atoms with van der Waals surface area (Å²) in [4.78, 5) is 27.5. The summed E-state index contributed by atoms with van der Waals surface area (Å²) in [5.41, 5.74) is 0. The number of piperazine rings is 1. The standard InChI is InChI=1S/C16H28N6O/c1-12(2)18-15(23)13(3)21-8-10-22(11-9-21)16-17-7-6-14(19-16)20(4)5/h6-7,12-13H,8-11H2,1-5H3,(H,18,23). The second-order valence-corrected chi connectivity index (χ2v) is 6.47. The van der Waals surface area contributed by atoms with Gasteiger partial charge in [0.05, 0.1) is 6.04 Å². The summed E-state index contributed by atoms with van der Waals surface area (Å²) in [7, 11) is 3.94. The lowest BCUT2D eigenvalue weighted by Crippen LogP contribution is -2.54. The van der Waals surface area contributed by atoms with Crippen LogP contribution in [0.4, 0.5) is 11.8 Å². The van der Waals surface area contributed by atoms with Gasteiger partial charge in [0.15, 0.2) is 0 Å². The fourth-order valence-electron chi connectivity index (χ4n) is 2.62. The van der Waals surface area contributed by atoms with Crippen molar-refractivity contribution < 1.29 is 4.79 Å². The Labute approximate surface area is 138 Å². The highest BCUT2D eigenvalue weighted by molar-refractivity contribution is 5.81. The molecule has 1 amide bonds. The Bertz CT molecular complexity index is 525. The average Bonchev–Trinajstić information content (AvgIpc) is 2.53. The predicted molar refractivity (Wildman–Crippen MR) is 92.9 cm³/mol. The Morgan fingerprint density at radius 2 is 1.87 bits per heavy atom. The second kappa shape index (κ2) is 7.59. The molecular formula is C16H28N6O. The number of aromatic nitrogens is 2. The largest absolute Gasteiger partial charge is 0.363 e. The lowest BCUT2D eigenvalue weighted by molar-refractivity contribution is -0.126. The van der Waals surface area contributed by atoms with Gasteiger partial charge in [-0.2, -0.15) is 4.98 Å². The van der Waals surface area contributed by atoms with E-state index >= 15 is 0 Å². The monoisotopic (exact) mass is 320 g/mol. The highest BCUT2D eigenvalue weighted by atomic mass is 16.2. The van der Waals surface area contributed by atoms with Gasteiger partial charge in [-0.05, 0) is 26.8 Å². The molecule has 7 nitrogen and oxygen atoms in total. The van der Waals surface area contributed by atoms with Crippen LogP contribution in [0.2, 0.25) is 0 Å². The van der Waals surface area contributed by atoms with Gasteiger partial charge in [0.1, 0.15) is 5.82 Å². The van der Waals surface area contributed by atoms with Crippen molar-refractivity contribution in [3.63, 3.8) is 0 Å². The van der Waals surface area contributed by atoms with Gasteiger partial charge in [0.2, 0.25) is 11.9 Å². The summed E-state index contributed by atoms with van der Waals surface area (Å²) in [5.74, 6) is 1.76. The van der Waals surface area contributed by atoms with Gasteiger partial charge in [-0.3, -0.25) is 9.69 Å². The lowest BCUT2D eigenvalue weighted by atomic mass is 10.2. The molecule has 0 aliphatic carbocycles. The summed E-state index contributed by atoms with van der Waals surface area (Å²) in [6.45, 7) is 9.27. The molecule has 1 unspecified atom stereocenters. The Kier molecular flexibility index (Phi) is 5.76. The second-order valence-electron chi connectivity index (χ2n) is 6.47. The Balaban J connectivity index is 1.93. The number of carbonyl (C=O) groups is 1.